The van der Waals surface area contributed by atoms with Crippen LogP contribution in [-0.4, -0.2) is 169 Å². The molecule has 3 aliphatic heterocycles. The topological polar surface area (TPSA) is 278 Å². The van der Waals surface area contributed by atoms with E-state index < -0.39 is 118 Å². The third-order valence-corrected chi connectivity index (χ3v) is 6.49. The lowest BCUT2D eigenvalue weighted by Crippen LogP contribution is -2.68. The molecule has 37 heavy (non-hydrogen) atoms. The highest BCUT2D eigenvalue weighted by atomic mass is 16.7. The van der Waals surface area contributed by atoms with Gasteiger partial charge in [-0.15, -0.1) is 0 Å². The van der Waals surface area contributed by atoms with Gasteiger partial charge in [0.2, 0.25) is 5.91 Å². The van der Waals surface area contributed by atoms with Crippen molar-refractivity contribution in [1.82, 2.24) is 5.32 Å². The van der Waals surface area contributed by atoms with Crippen LogP contribution in [0, 0.1) is 0 Å². The Balaban J connectivity index is 1.77. The monoisotopic (exact) mass is 545 g/mol. The SMILES string of the molecule is CC(=O)N[C@H]1[C@@H](O[C@H]2[C@H](O)[C@@H](O)[C@@H](O[C@H]3[C@H](O)[C@@H](O)C(O)O[C@@H]3CO)O[C@@H]2CO)O[C@H](CO)[C@@H](O)[C@@H]1O. The second-order valence-electron chi connectivity index (χ2n) is 9.07. The minimum absolute atomic E-state index is 0.637. The third-order valence-electron chi connectivity index (χ3n) is 6.49. The number of aliphatic hydroxyl groups is 10. The molecular formula is C20H35NO16. The maximum Gasteiger partial charge on any atom is 0.217 e. The Bertz CT molecular complexity index is 743. The molecule has 3 aliphatic rings. The van der Waals surface area contributed by atoms with Gasteiger partial charge in [-0.1, -0.05) is 0 Å². The van der Waals surface area contributed by atoms with Crippen molar-refractivity contribution in [2.45, 2.75) is 99.0 Å². The Kier molecular flexibility index (Phi) is 10.5. The molecular weight excluding hydrogens is 510 g/mol. The first kappa shape index (κ1) is 30.4. The van der Waals surface area contributed by atoms with E-state index in [4.69, 9.17) is 23.7 Å². The second-order valence-corrected chi connectivity index (χ2v) is 9.07. The molecule has 11 N–H and O–H groups in total. The number of hydrogen-bond donors (Lipinski definition) is 11. The Morgan fingerprint density at radius 3 is 1.68 bits per heavy atom. The molecule has 3 rings (SSSR count). The predicted molar refractivity (Wildman–Crippen MR) is 113 cm³/mol. The van der Waals surface area contributed by atoms with Gasteiger partial charge in [0.05, 0.1) is 19.8 Å². The molecule has 0 bridgehead atoms. The van der Waals surface area contributed by atoms with E-state index in [2.05, 4.69) is 5.32 Å². The Morgan fingerprint density at radius 1 is 0.649 bits per heavy atom. The van der Waals surface area contributed by atoms with Crippen molar-refractivity contribution in [2.24, 2.45) is 0 Å². The molecule has 0 aliphatic carbocycles. The Labute approximate surface area is 210 Å². The van der Waals surface area contributed by atoms with E-state index in [0.717, 1.165) is 6.92 Å². The Hall–Kier alpha value is -1.13. The standard InChI is InChI=1S/C20H35NO16/c1-5(25)21-9-11(27)10(26)6(2-22)34-19(9)36-17-8(4-24)35-20(15(31)13(17)29)37-16-7(3-23)33-18(32)14(30)12(16)28/h6-20,22-24,26-32H,2-4H2,1H3,(H,21,25)/t6-,7-,8-,9-,10-,11-,12-,13-,14-,15-,16-,17-,18?,19-,20-/m1/s1. The normalized spacial score (nSPS) is 49.0. The average Bonchev–Trinajstić information content (AvgIpc) is 2.87. The first-order chi connectivity index (χ1) is 17.4. The zero-order valence-corrected chi connectivity index (χ0v) is 19.7. The fourth-order valence-corrected chi connectivity index (χ4v) is 4.46. The highest BCUT2D eigenvalue weighted by Crippen LogP contribution is 2.32. The molecule has 0 saturated carbocycles. The van der Waals surface area contributed by atoms with Crippen molar-refractivity contribution in [2.75, 3.05) is 19.8 Å². The van der Waals surface area contributed by atoms with Crippen LogP contribution >= 0.6 is 0 Å². The van der Waals surface area contributed by atoms with Gasteiger partial charge < -0.3 is 80.1 Å². The van der Waals surface area contributed by atoms with Crippen LogP contribution in [0.1, 0.15) is 6.92 Å². The molecule has 216 valence electrons. The molecule has 0 aromatic carbocycles. The van der Waals surface area contributed by atoms with Gasteiger partial charge >= 0.3 is 0 Å². The lowest BCUT2D eigenvalue weighted by molar-refractivity contribution is -0.372. The number of rotatable bonds is 8. The molecule has 0 spiro atoms. The van der Waals surface area contributed by atoms with Crippen molar-refractivity contribution in [3.05, 3.63) is 0 Å². The van der Waals surface area contributed by atoms with E-state index >= 15 is 0 Å². The summed E-state index contributed by atoms with van der Waals surface area (Å²) in [6.45, 7) is -1.21. The fraction of sp³-hybridized carbons (Fsp3) is 0.950. The van der Waals surface area contributed by atoms with Crippen LogP contribution in [-0.2, 0) is 28.5 Å². The lowest BCUT2D eigenvalue weighted by Gasteiger charge is -2.48. The third kappa shape index (κ3) is 6.38. The molecule has 3 saturated heterocycles. The van der Waals surface area contributed by atoms with Crippen LogP contribution in [0.4, 0.5) is 0 Å². The van der Waals surface area contributed by atoms with Crippen LogP contribution in [0.5, 0.6) is 0 Å². The highest BCUT2D eigenvalue weighted by molar-refractivity contribution is 5.73. The molecule has 1 unspecified atom stereocenters. The molecule has 17 nitrogen and oxygen atoms in total. The van der Waals surface area contributed by atoms with Crippen molar-refractivity contribution >= 4 is 5.91 Å². The summed E-state index contributed by atoms with van der Waals surface area (Å²) in [7, 11) is 0. The lowest BCUT2D eigenvalue weighted by atomic mass is 9.95. The van der Waals surface area contributed by atoms with Crippen molar-refractivity contribution in [1.29, 1.82) is 0 Å². The highest BCUT2D eigenvalue weighted by Gasteiger charge is 2.53. The number of amides is 1. The fourth-order valence-electron chi connectivity index (χ4n) is 4.46. The minimum atomic E-state index is -1.92. The molecule has 0 aromatic heterocycles. The van der Waals surface area contributed by atoms with E-state index in [1.54, 1.807) is 0 Å². The van der Waals surface area contributed by atoms with Gasteiger partial charge in [0.15, 0.2) is 18.9 Å². The summed E-state index contributed by atoms with van der Waals surface area (Å²) < 4.78 is 27.0. The first-order valence-corrected chi connectivity index (χ1v) is 11.6. The minimum Gasteiger partial charge on any atom is -0.394 e. The zero-order valence-electron chi connectivity index (χ0n) is 19.7. The number of carbonyl (C=O) groups excluding carboxylic acids is 1. The molecule has 3 fully saturated rings. The van der Waals surface area contributed by atoms with Gasteiger partial charge in [-0.25, -0.2) is 0 Å². The number of aliphatic hydroxyl groups excluding tert-OH is 10. The van der Waals surface area contributed by atoms with Crippen molar-refractivity contribution < 1.29 is 79.5 Å². The van der Waals surface area contributed by atoms with Gasteiger partial charge in [0.1, 0.15) is 73.2 Å². The van der Waals surface area contributed by atoms with E-state index in [0.29, 0.717) is 0 Å². The van der Waals surface area contributed by atoms with Crippen LogP contribution in [0.3, 0.4) is 0 Å². The molecule has 1 amide bonds. The molecule has 15 atom stereocenters. The van der Waals surface area contributed by atoms with Gasteiger partial charge in [0, 0.05) is 6.92 Å². The largest absolute Gasteiger partial charge is 0.394 e. The molecule has 0 radical (unpaired) electrons. The van der Waals surface area contributed by atoms with Gasteiger partial charge in [0.25, 0.3) is 0 Å². The summed E-state index contributed by atoms with van der Waals surface area (Å²) in [4.78, 5) is 11.6. The predicted octanol–water partition coefficient (Wildman–Crippen LogP) is -7.43. The second kappa shape index (κ2) is 12.8. The zero-order chi connectivity index (χ0) is 27.6. The number of nitrogens with one attached hydrogen (secondary N) is 1. The van der Waals surface area contributed by atoms with Crippen LogP contribution in [0.2, 0.25) is 0 Å². The van der Waals surface area contributed by atoms with Gasteiger partial charge in [-0.2, -0.15) is 0 Å². The maximum absolute atomic E-state index is 11.6. The van der Waals surface area contributed by atoms with Crippen LogP contribution < -0.4 is 5.32 Å². The van der Waals surface area contributed by atoms with Crippen molar-refractivity contribution in [3.63, 3.8) is 0 Å². The first-order valence-electron chi connectivity index (χ1n) is 11.6. The summed E-state index contributed by atoms with van der Waals surface area (Å²) in [5.41, 5.74) is 0. The summed E-state index contributed by atoms with van der Waals surface area (Å²) in [5, 5.41) is 103. The van der Waals surface area contributed by atoms with Crippen molar-refractivity contribution in [3.8, 4) is 0 Å². The van der Waals surface area contributed by atoms with Crippen LogP contribution in [0.25, 0.3) is 0 Å². The summed E-state index contributed by atoms with van der Waals surface area (Å²) in [5.74, 6) is -0.637. The number of ether oxygens (including phenoxy) is 5. The van der Waals surface area contributed by atoms with Gasteiger partial charge in [-0.05, 0) is 0 Å². The summed E-state index contributed by atoms with van der Waals surface area (Å²) in [6.07, 6.45) is -23.1. The van der Waals surface area contributed by atoms with Gasteiger partial charge in [-0.3, -0.25) is 4.79 Å². The van der Waals surface area contributed by atoms with E-state index in [1.165, 1.54) is 0 Å². The molecule has 0 aromatic rings. The maximum atomic E-state index is 11.6. The van der Waals surface area contributed by atoms with Crippen LogP contribution in [0.15, 0.2) is 0 Å². The Morgan fingerprint density at radius 2 is 1.14 bits per heavy atom. The number of carbonyl (C=O) groups is 1. The summed E-state index contributed by atoms with van der Waals surface area (Å²) in [6, 6.07) is -1.39. The number of hydrogen-bond acceptors (Lipinski definition) is 16. The summed E-state index contributed by atoms with van der Waals surface area (Å²) >= 11 is 0. The smallest absolute Gasteiger partial charge is 0.217 e. The van der Waals surface area contributed by atoms with E-state index in [1.807, 2.05) is 0 Å². The van der Waals surface area contributed by atoms with E-state index in [9.17, 15) is 55.9 Å². The molecule has 3 heterocycles. The average molecular weight is 545 g/mol. The molecule has 17 heteroatoms. The quantitative estimate of drug-likeness (QED) is 0.135. The van der Waals surface area contributed by atoms with E-state index in [-0.39, 0.29) is 0 Å².